The van der Waals surface area contributed by atoms with E-state index < -0.39 is 0 Å². The van der Waals surface area contributed by atoms with Crippen molar-refractivity contribution in [3.05, 3.63) is 133 Å². The van der Waals surface area contributed by atoms with Crippen molar-refractivity contribution >= 4 is 60.9 Å². The van der Waals surface area contributed by atoms with Gasteiger partial charge in [-0.05, 0) is 82.4 Å². The van der Waals surface area contributed by atoms with Crippen molar-refractivity contribution in [2.45, 2.75) is 6.92 Å². The monoisotopic (exact) mass is 523 g/mol. The minimum absolute atomic E-state index is 1.00. The third-order valence-electron chi connectivity index (χ3n) is 7.33. The number of fused-ring (bicyclic) bond motifs is 5. The van der Waals surface area contributed by atoms with Crippen LogP contribution in [-0.4, -0.2) is 10.8 Å². The fraction of sp³-hybridized carbons (Fsp3) is 0.0263. The zero-order chi connectivity index (χ0) is 27.6. The topological polar surface area (TPSA) is 20.5 Å². The summed E-state index contributed by atoms with van der Waals surface area (Å²) in [5.74, 6) is 8.66. The van der Waals surface area contributed by atoms with Gasteiger partial charge in [0, 0.05) is 22.7 Å². The first-order valence-corrected chi connectivity index (χ1v) is 13.6. The molecule has 0 radical (unpaired) electrons. The lowest BCUT2D eigenvalue weighted by Crippen LogP contribution is -2.09. The smallest absolute Gasteiger partial charge is 0.0659 e. The summed E-state index contributed by atoms with van der Waals surface area (Å²) >= 11 is 0. The number of aromatic nitrogens is 1. The Morgan fingerprint density at radius 2 is 1.20 bits per heavy atom. The second kappa shape index (κ2) is 10.4. The fourth-order valence-electron chi connectivity index (χ4n) is 5.36. The fourth-order valence-corrected chi connectivity index (χ4v) is 5.36. The van der Waals surface area contributed by atoms with Crippen molar-refractivity contribution in [3.8, 4) is 23.8 Å². The molecule has 0 saturated carbocycles. The Bertz CT molecular complexity index is 2170. The molecule has 0 fully saturated rings. The van der Waals surface area contributed by atoms with Crippen molar-refractivity contribution in [3.63, 3.8) is 0 Å². The van der Waals surface area contributed by atoms with Crippen molar-refractivity contribution in [2.24, 2.45) is 5.10 Å². The summed E-state index contributed by atoms with van der Waals surface area (Å²) in [5, 5.41) is 14.1. The Balaban J connectivity index is 1.35. The quantitative estimate of drug-likeness (QED) is 0.128. The molecule has 0 aliphatic carbocycles. The molecule has 0 saturated heterocycles. The van der Waals surface area contributed by atoms with Crippen LogP contribution in [-0.2, 0) is 0 Å². The normalized spacial score (nSPS) is 11.0. The van der Waals surface area contributed by atoms with Gasteiger partial charge in [0.05, 0.1) is 28.6 Å². The molecule has 3 heteroatoms. The predicted octanol–water partition coefficient (Wildman–Crippen LogP) is 9.11. The van der Waals surface area contributed by atoms with E-state index in [2.05, 4.69) is 145 Å². The highest BCUT2D eigenvalue weighted by Crippen LogP contribution is 2.32. The SMILES string of the molecule is CC#CC#Cn1c2ccccc2c2cc(C=NN(c3ccc4ccccc4c3)c3ccc4ccccc4c3)ccc21. The van der Waals surface area contributed by atoms with Crippen molar-refractivity contribution in [1.29, 1.82) is 0 Å². The van der Waals surface area contributed by atoms with E-state index in [9.17, 15) is 0 Å². The Hall–Kier alpha value is -5.77. The first-order chi connectivity index (χ1) is 20.3. The molecule has 0 unspecified atom stereocenters. The highest BCUT2D eigenvalue weighted by atomic mass is 15.5. The molecule has 1 aromatic heterocycles. The van der Waals surface area contributed by atoms with Gasteiger partial charge in [-0.25, -0.2) is 5.01 Å². The van der Waals surface area contributed by atoms with Crippen LogP contribution in [0.25, 0.3) is 43.4 Å². The van der Waals surface area contributed by atoms with Crippen molar-refractivity contribution < 1.29 is 0 Å². The number of anilines is 2. The number of hydrazone groups is 1. The van der Waals surface area contributed by atoms with Gasteiger partial charge in [0.15, 0.2) is 0 Å². The van der Waals surface area contributed by atoms with Gasteiger partial charge >= 0.3 is 0 Å². The van der Waals surface area contributed by atoms with Crippen LogP contribution < -0.4 is 5.01 Å². The molecule has 192 valence electrons. The molecular formula is C38H25N3. The zero-order valence-corrected chi connectivity index (χ0v) is 22.5. The maximum atomic E-state index is 5.06. The summed E-state index contributed by atoms with van der Waals surface area (Å²) in [6.45, 7) is 1.80. The number of hydrogen-bond donors (Lipinski definition) is 0. The molecule has 7 rings (SSSR count). The second-order valence-electron chi connectivity index (χ2n) is 9.86. The molecule has 0 aliphatic heterocycles. The summed E-state index contributed by atoms with van der Waals surface area (Å²) in [5.41, 5.74) is 5.12. The molecule has 0 aliphatic rings. The highest BCUT2D eigenvalue weighted by molar-refractivity contribution is 6.10. The molecule has 0 amide bonds. The number of para-hydroxylation sites is 1. The van der Waals surface area contributed by atoms with Gasteiger partial charge in [-0.2, -0.15) is 5.10 Å². The molecule has 7 aromatic rings. The van der Waals surface area contributed by atoms with E-state index in [0.717, 1.165) is 38.7 Å². The largest absolute Gasteiger partial charge is 0.268 e. The molecule has 6 aromatic carbocycles. The van der Waals surface area contributed by atoms with Gasteiger partial charge in [-0.15, -0.1) is 0 Å². The average Bonchev–Trinajstić information content (AvgIpc) is 3.34. The third kappa shape index (κ3) is 4.57. The molecule has 3 nitrogen and oxygen atoms in total. The van der Waals surface area contributed by atoms with Gasteiger partial charge in [0.2, 0.25) is 0 Å². The predicted molar refractivity (Wildman–Crippen MR) is 174 cm³/mol. The van der Waals surface area contributed by atoms with Crippen LogP contribution in [0.2, 0.25) is 0 Å². The lowest BCUT2D eigenvalue weighted by atomic mass is 10.1. The summed E-state index contributed by atoms with van der Waals surface area (Å²) in [4.78, 5) is 0. The number of rotatable bonds is 4. The molecule has 0 N–H and O–H groups in total. The average molecular weight is 524 g/mol. The van der Waals surface area contributed by atoms with E-state index in [4.69, 9.17) is 5.10 Å². The van der Waals surface area contributed by atoms with Crippen molar-refractivity contribution in [2.75, 3.05) is 5.01 Å². The van der Waals surface area contributed by atoms with Crippen LogP contribution >= 0.6 is 0 Å². The number of benzene rings is 6. The Morgan fingerprint density at radius 1 is 0.585 bits per heavy atom. The summed E-state index contributed by atoms with van der Waals surface area (Å²) in [6.07, 6.45) is 1.93. The molecular weight excluding hydrogens is 498 g/mol. The first kappa shape index (κ1) is 24.3. The van der Waals surface area contributed by atoms with Crippen LogP contribution in [0.4, 0.5) is 11.4 Å². The van der Waals surface area contributed by atoms with Gasteiger partial charge in [-0.3, -0.25) is 4.57 Å². The van der Waals surface area contributed by atoms with E-state index in [1.807, 2.05) is 21.9 Å². The van der Waals surface area contributed by atoms with E-state index in [1.165, 1.54) is 21.5 Å². The Morgan fingerprint density at radius 3 is 1.88 bits per heavy atom. The van der Waals surface area contributed by atoms with Gasteiger partial charge in [-0.1, -0.05) is 90.8 Å². The van der Waals surface area contributed by atoms with Gasteiger partial charge < -0.3 is 0 Å². The van der Waals surface area contributed by atoms with Crippen LogP contribution in [0.3, 0.4) is 0 Å². The van der Waals surface area contributed by atoms with E-state index in [0.29, 0.717) is 0 Å². The van der Waals surface area contributed by atoms with Gasteiger partial charge in [0.25, 0.3) is 0 Å². The van der Waals surface area contributed by atoms with Crippen LogP contribution in [0.5, 0.6) is 0 Å². The summed E-state index contributed by atoms with van der Waals surface area (Å²) < 4.78 is 2.02. The van der Waals surface area contributed by atoms with E-state index in [-0.39, 0.29) is 0 Å². The third-order valence-corrected chi connectivity index (χ3v) is 7.33. The maximum Gasteiger partial charge on any atom is 0.0659 e. The molecule has 41 heavy (non-hydrogen) atoms. The van der Waals surface area contributed by atoms with Crippen molar-refractivity contribution in [1.82, 2.24) is 4.57 Å². The summed E-state index contributed by atoms with van der Waals surface area (Å²) in [6, 6.07) is 47.7. The summed E-state index contributed by atoms with van der Waals surface area (Å²) in [7, 11) is 0. The highest BCUT2D eigenvalue weighted by Gasteiger charge is 2.12. The van der Waals surface area contributed by atoms with Crippen LogP contribution in [0, 0.1) is 23.8 Å². The lowest BCUT2D eigenvalue weighted by molar-refractivity contribution is 1.10. The molecule has 0 spiro atoms. The standard InChI is InChI=1S/C38H25N3/c1-2-3-10-23-40-37-16-9-8-15-35(37)36-24-28(17-22-38(36)40)27-39-41(33-20-18-29-11-4-6-13-31(29)25-33)34-21-19-30-12-5-7-14-32(30)26-34/h4-9,11-22,24-27H,1H3. The zero-order valence-electron chi connectivity index (χ0n) is 22.5. The number of hydrogen-bond acceptors (Lipinski definition) is 2. The Kier molecular flexibility index (Phi) is 6.17. The first-order valence-electron chi connectivity index (χ1n) is 13.6. The van der Waals surface area contributed by atoms with E-state index in [1.54, 1.807) is 6.92 Å². The molecule has 0 atom stereocenters. The minimum atomic E-state index is 1.00. The molecule has 1 heterocycles. The van der Waals surface area contributed by atoms with Crippen LogP contribution in [0.15, 0.2) is 132 Å². The maximum absolute atomic E-state index is 5.06. The van der Waals surface area contributed by atoms with Crippen LogP contribution in [0.1, 0.15) is 12.5 Å². The van der Waals surface area contributed by atoms with Gasteiger partial charge in [0.1, 0.15) is 0 Å². The molecule has 0 bridgehead atoms. The minimum Gasteiger partial charge on any atom is -0.268 e. The van der Waals surface area contributed by atoms with E-state index >= 15 is 0 Å². The second-order valence-corrected chi connectivity index (χ2v) is 9.86. The Labute approximate surface area is 239 Å². The number of nitrogens with zero attached hydrogens (tertiary/aromatic N) is 3. The lowest BCUT2D eigenvalue weighted by Gasteiger charge is -2.20.